The van der Waals surface area contributed by atoms with Gasteiger partial charge in [0.05, 0.1) is 19.1 Å². The third-order valence-corrected chi connectivity index (χ3v) is 4.53. The zero-order valence-corrected chi connectivity index (χ0v) is 9.90. The maximum atomic E-state index is 12.1. The maximum Gasteiger partial charge on any atom is 0.260 e. The molecule has 1 atom stereocenters. The van der Waals surface area contributed by atoms with Crippen molar-refractivity contribution in [2.75, 3.05) is 26.8 Å². The van der Waals surface area contributed by atoms with E-state index in [1.54, 1.807) is 7.11 Å². The van der Waals surface area contributed by atoms with Crippen LogP contribution in [0.25, 0.3) is 0 Å². The van der Waals surface area contributed by atoms with E-state index in [0.717, 1.165) is 6.42 Å². The fourth-order valence-electron chi connectivity index (χ4n) is 1.91. The number of ether oxygens (including phenoxy) is 1. The average Bonchev–Trinajstić information content (AvgIpc) is 2.88. The van der Waals surface area contributed by atoms with Gasteiger partial charge in [0.1, 0.15) is 0 Å². The summed E-state index contributed by atoms with van der Waals surface area (Å²) in [5.74, 6) is 0.294. The second kappa shape index (κ2) is 4.52. The second-order valence-corrected chi connectivity index (χ2v) is 5.80. The zero-order valence-electron chi connectivity index (χ0n) is 9.09. The van der Waals surface area contributed by atoms with E-state index in [4.69, 9.17) is 4.74 Å². The molecule has 0 saturated carbocycles. The first-order chi connectivity index (χ1) is 7.64. The molecule has 2 rings (SSSR count). The van der Waals surface area contributed by atoms with E-state index in [-0.39, 0.29) is 5.03 Å². The van der Waals surface area contributed by atoms with Crippen molar-refractivity contribution >= 4 is 10.0 Å². The lowest BCUT2D eigenvalue weighted by Gasteiger charge is -2.14. The molecule has 0 bridgehead atoms. The number of sulfonamides is 1. The van der Waals surface area contributed by atoms with Gasteiger partial charge < -0.3 is 9.72 Å². The number of hydrogen-bond acceptors (Lipinski definition) is 4. The van der Waals surface area contributed by atoms with Crippen molar-refractivity contribution in [3.05, 3.63) is 12.5 Å². The molecule has 1 saturated heterocycles. The number of nitrogens with zero attached hydrogens (tertiary/aromatic N) is 2. The summed E-state index contributed by atoms with van der Waals surface area (Å²) in [4.78, 5) is 6.36. The summed E-state index contributed by atoms with van der Waals surface area (Å²) in [7, 11) is -1.76. The minimum atomic E-state index is -3.39. The molecule has 2 heterocycles. The predicted molar refractivity (Wildman–Crippen MR) is 57.3 cm³/mol. The number of imidazole rings is 1. The summed E-state index contributed by atoms with van der Waals surface area (Å²) in [6, 6.07) is 0. The van der Waals surface area contributed by atoms with Crippen molar-refractivity contribution in [1.29, 1.82) is 0 Å². The van der Waals surface area contributed by atoms with Crippen LogP contribution in [0.4, 0.5) is 0 Å². The van der Waals surface area contributed by atoms with E-state index < -0.39 is 10.0 Å². The molecule has 7 heteroatoms. The Morgan fingerprint density at radius 2 is 2.50 bits per heavy atom. The molecule has 90 valence electrons. The van der Waals surface area contributed by atoms with E-state index in [9.17, 15) is 8.42 Å². The third-order valence-electron chi connectivity index (χ3n) is 2.74. The van der Waals surface area contributed by atoms with Gasteiger partial charge in [-0.1, -0.05) is 0 Å². The van der Waals surface area contributed by atoms with Gasteiger partial charge in [-0.15, -0.1) is 0 Å². The summed E-state index contributed by atoms with van der Waals surface area (Å²) in [6.45, 7) is 1.68. The van der Waals surface area contributed by atoms with Gasteiger partial charge in [-0.05, 0) is 12.3 Å². The Bertz CT molecular complexity index is 429. The van der Waals surface area contributed by atoms with Crippen LogP contribution < -0.4 is 0 Å². The van der Waals surface area contributed by atoms with Crippen molar-refractivity contribution in [2.45, 2.75) is 11.4 Å². The lowest BCUT2D eigenvalue weighted by molar-refractivity contribution is 0.157. The molecule has 0 aromatic carbocycles. The summed E-state index contributed by atoms with van der Waals surface area (Å²) < 4.78 is 30.6. The Kier molecular flexibility index (Phi) is 3.27. The molecule has 1 fully saturated rings. The van der Waals surface area contributed by atoms with Gasteiger partial charge in [0.15, 0.2) is 5.03 Å². The summed E-state index contributed by atoms with van der Waals surface area (Å²) >= 11 is 0. The molecule has 0 radical (unpaired) electrons. The number of nitrogens with one attached hydrogen (secondary N) is 1. The predicted octanol–water partition coefficient (Wildman–Crippen LogP) is 0.0667. The van der Waals surface area contributed by atoms with E-state index in [2.05, 4.69) is 9.97 Å². The smallest absolute Gasteiger partial charge is 0.260 e. The summed E-state index contributed by atoms with van der Waals surface area (Å²) in [5.41, 5.74) is 0. The number of H-pyrrole nitrogens is 1. The lowest BCUT2D eigenvalue weighted by Crippen LogP contribution is -2.29. The molecule has 0 amide bonds. The van der Waals surface area contributed by atoms with Crippen LogP contribution in [-0.4, -0.2) is 49.5 Å². The maximum absolute atomic E-state index is 12.1. The van der Waals surface area contributed by atoms with Gasteiger partial charge >= 0.3 is 0 Å². The van der Waals surface area contributed by atoms with Crippen LogP contribution in [0.5, 0.6) is 0 Å². The van der Waals surface area contributed by atoms with Crippen molar-refractivity contribution in [3.63, 3.8) is 0 Å². The molecule has 6 nitrogen and oxygen atoms in total. The van der Waals surface area contributed by atoms with E-state index in [0.29, 0.717) is 25.6 Å². The quantitative estimate of drug-likeness (QED) is 0.814. The van der Waals surface area contributed by atoms with Crippen molar-refractivity contribution in [1.82, 2.24) is 14.3 Å². The van der Waals surface area contributed by atoms with Crippen LogP contribution >= 0.6 is 0 Å². The lowest BCUT2D eigenvalue weighted by atomic mass is 10.1. The van der Waals surface area contributed by atoms with Crippen LogP contribution in [0.1, 0.15) is 6.42 Å². The number of aromatic amines is 1. The Hall–Kier alpha value is -0.920. The monoisotopic (exact) mass is 245 g/mol. The number of aromatic nitrogens is 2. The van der Waals surface area contributed by atoms with Crippen LogP contribution in [0.3, 0.4) is 0 Å². The van der Waals surface area contributed by atoms with Gasteiger partial charge in [-0.25, -0.2) is 13.4 Å². The fourth-order valence-corrected chi connectivity index (χ4v) is 3.34. The van der Waals surface area contributed by atoms with Crippen molar-refractivity contribution in [2.24, 2.45) is 5.92 Å². The summed E-state index contributed by atoms with van der Waals surface area (Å²) in [5, 5.41) is 0.158. The average molecular weight is 245 g/mol. The highest BCUT2D eigenvalue weighted by molar-refractivity contribution is 7.89. The fraction of sp³-hybridized carbons (Fsp3) is 0.667. The first-order valence-electron chi connectivity index (χ1n) is 5.12. The molecule has 1 unspecified atom stereocenters. The molecule has 0 spiro atoms. The molecule has 1 N–H and O–H groups in total. The van der Waals surface area contributed by atoms with Crippen LogP contribution in [0, 0.1) is 5.92 Å². The Morgan fingerprint density at radius 3 is 3.12 bits per heavy atom. The molecule has 16 heavy (non-hydrogen) atoms. The molecular weight excluding hydrogens is 230 g/mol. The van der Waals surface area contributed by atoms with Crippen molar-refractivity contribution < 1.29 is 13.2 Å². The molecule has 1 aromatic heterocycles. The molecule has 1 aromatic rings. The number of hydrogen-bond donors (Lipinski definition) is 1. The Morgan fingerprint density at radius 1 is 1.69 bits per heavy atom. The highest BCUT2D eigenvalue weighted by Gasteiger charge is 2.33. The minimum Gasteiger partial charge on any atom is -0.384 e. The summed E-state index contributed by atoms with van der Waals surface area (Å²) in [6.07, 6.45) is 3.55. The van der Waals surface area contributed by atoms with Crippen LogP contribution in [0.15, 0.2) is 17.6 Å². The van der Waals surface area contributed by atoms with Crippen LogP contribution in [-0.2, 0) is 14.8 Å². The third kappa shape index (κ3) is 2.11. The first-order valence-corrected chi connectivity index (χ1v) is 6.56. The Balaban J connectivity index is 2.10. The van der Waals surface area contributed by atoms with Gasteiger partial charge in [-0.2, -0.15) is 4.31 Å². The van der Waals surface area contributed by atoms with Gasteiger partial charge in [0.25, 0.3) is 10.0 Å². The second-order valence-electron chi connectivity index (χ2n) is 3.89. The van der Waals surface area contributed by atoms with Gasteiger partial charge in [0.2, 0.25) is 0 Å². The molecule has 0 aliphatic carbocycles. The molecule has 1 aliphatic heterocycles. The zero-order chi connectivity index (χ0) is 11.6. The normalized spacial score (nSPS) is 22.7. The molecular formula is C9H15N3O3S. The largest absolute Gasteiger partial charge is 0.384 e. The highest BCUT2D eigenvalue weighted by atomic mass is 32.2. The van der Waals surface area contributed by atoms with E-state index in [1.165, 1.54) is 16.8 Å². The van der Waals surface area contributed by atoms with E-state index >= 15 is 0 Å². The minimum absolute atomic E-state index is 0.158. The topological polar surface area (TPSA) is 75.3 Å². The standard InChI is InChI=1S/C9H15N3O3S/c1-15-6-8-2-3-12(5-8)16(13,14)9-4-10-7-11-9/h4,7-8H,2-3,5-6H2,1H3,(H,10,11). The Labute approximate surface area is 94.7 Å². The van der Waals surface area contributed by atoms with Gasteiger partial charge in [0, 0.05) is 20.2 Å². The number of methoxy groups -OCH3 is 1. The van der Waals surface area contributed by atoms with Crippen LogP contribution in [0.2, 0.25) is 0 Å². The molecule has 1 aliphatic rings. The first kappa shape index (κ1) is 11.6. The van der Waals surface area contributed by atoms with Crippen molar-refractivity contribution in [3.8, 4) is 0 Å². The highest BCUT2D eigenvalue weighted by Crippen LogP contribution is 2.22. The number of rotatable bonds is 4. The van der Waals surface area contributed by atoms with Gasteiger partial charge in [-0.3, -0.25) is 0 Å². The SMILES string of the molecule is COCC1CCN(S(=O)(=O)c2cnc[nH]2)C1. The van der Waals surface area contributed by atoms with E-state index in [1.807, 2.05) is 0 Å².